The molecule has 20 heavy (non-hydrogen) atoms. The minimum Gasteiger partial charge on any atom is -0.464 e. The van der Waals surface area contributed by atoms with Crippen molar-refractivity contribution >= 4 is 24.5 Å². The summed E-state index contributed by atoms with van der Waals surface area (Å²) in [6.45, 7) is 0. The Hall–Kier alpha value is -2.56. The van der Waals surface area contributed by atoms with Crippen LogP contribution in [0.4, 0.5) is 5.69 Å². The number of benzene rings is 2. The SMILES string of the molecule is [B]C(c1ccc([N+](=O)[O-])cc1)c1ccc2occc2c1. The van der Waals surface area contributed by atoms with Gasteiger partial charge < -0.3 is 4.42 Å². The monoisotopic (exact) mass is 263 g/mol. The van der Waals surface area contributed by atoms with Crippen LogP contribution in [0.3, 0.4) is 0 Å². The molecule has 1 unspecified atom stereocenters. The highest BCUT2D eigenvalue weighted by molar-refractivity contribution is 6.14. The van der Waals surface area contributed by atoms with E-state index in [9.17, 15) is 10.1 Å². The Morgan fingerprint density at radius 2 is 1.75 bits per heavy atom. The first-order valence-electron chi connectivity index (χ1n) is 6.12. The molecule has 0 aliphatic heterocycles. The Bertz CT molecular complexity index is 764. The fourth-order valence-electron chi connectivity index (χ4n) is 2.17. The Kier molecular flexibility index (Phi) is 3.02. The molecule has 2 radical (unpaired) electrons. The lowest BCUT2D eigenvalue weighted by molar-refractivity contribution is -0.384. The zero-order chi connectivity index (χ0) is 14.1. The van der Waals surface area contributed by atoms with Crippen LogP contribution < -0.4 is 0 Å². The average molecular weight is 263 g/mol. The molecule has 1 aromatic heterocycles. The van der Waals surface area contributed by atoms with Crippen LogP contribution in [0.5, 0.6) is 0 Å². The second-order valence-corrected chi connectivity index (χ2v) is 4.54. The van der Waals surface area contributed by atoms with Gasteiger partial charge in [0.1, 0.15) is 5.58 Å². The van der Waals surface area contributed by atoms with Crippen LogP contribution in [0, 0.1) is 10.1 Å². The number of non-ortho nitro benzene ring substituents is 1. The molecule has 1 atom stereocenters. The molecule has 0 amide bonds. The Labute approximate surface area is 116 Å². The number of nitrogens with zero attached hydrogens (tertiary/aromatic N) is 1. The van der Waals surface area contributed by atoms with Crippen LogP contribution >= 0.6 is 0 Å². The maximum absolute atomic E-state index is 10.6. The van der Waals surface area contributed by atoms with Crippen LogP contribution in [0.25, 0.3) is 11.0 Å². The second kappa shape index (κ2) is 4.85. The number of furan rings is 1. The maximum atomic E-state index is 10.6. The number of hydrogen-bond acceptors (Lipinski definition) is 3. The molecule has 0 bridgehead atoms. The fraction of sp³-hybridized carbons (Fsp3) is 0.0667. The van der Waals surface area contributed by atoms with Gasteiger partial charge in [0.05, 0.1) is 19.0 Å². The molecule has 1 heterocycles. The van der Waals surface area contributed by atoms with E-state index in [-0.39, 0.29) is 11.5 Å². The molecular formula is C15H10BNO3. The predicted molar refractivity (Wildman–Crippen MR) is 76.9 cm³/mol. The molecule has 5 heteroatoms. The third-order valence-corrected chi connectivity index (χ3v) is 3.30. The van der Waals surface area contributed by atoms with Crippen LogP contribution in [-0.2, 0) is 0 Å². The number of hydrogen-bond donors (Lipinski definition) is 0. The van der Waals surface area contributed by atoms with Crippen molar-refractivity contribution in [1.29, 1.82) is 0 Å². The zero-order valence-electron chi connectivity index (χ0n) is 10.5. The van der Waals surface area contributed by atoms with Crippen LogP contribution in [0.2, 0.25) is 0 Å². The summed E-state index contributed by atoms with van der Waals surface area (Å²) >= 11 is 0. The summed E-state index contributed by atoms with van der Waals surface area (Å²) in [5.41, 5.74) is 2.64. The van der Waals surface area contributed by atoms with Crippen LogP contribution in [0.15, 0.2) is 59.2 Å². The lowest BCUT2D eigenvalue weighted by Crippen LogP contribution is -2.00. The van der Waals surface area contributed by atoms with E-state index in [2.05, 4.69) is 0 Å². The van der Waals surface area contributed by atoms with E-state index in [1.807, 2.05) is 24.3 Å². The van der Waals surface area contributed by atoms with Crippen molar-refractivity contribution in [3.8, 4) is 0 Å². The summed E-state index contributed by atoms with van der Waals surface area (Å²) in [5.74, 6) is -0.324. The number of fused-ring (bicyclic) bond motifs is 1. The first-order valence-corrected chi connectivity index (χ1v) is 6.12. The molecule has 0 saturated carbocycles. The van der Waals surface area contributed by atoms with Gasteiger partial charge in [0, 0.05) is 17.5 Å². The van der Waals surface area contributed by atoms with E-state index in [0.717, 1.165) is 22.1 Å². The lowest BCUT2D eigenvalue weighted by Gasteiger charge is -2.12. The van der Waals surface area contributed by atoms with Gasteiger partial charge in [-0.15, -0.1) is 0 Å². The highest BCUT2D eigenvalue weighted by Crippen LogP contribution is 2.26. The van der Waals surface area contributed by atoms with E-state index in [0.29, 0.717) is 0 Å². The third kappa shape index (κ3) is 2.18. The van der Waals surface area contributed by atoms with Crippen molar-refractivity contribution in [2.24, 2.45) is 0 Å². The summed E-state index contributed by atoms with van der Waals surface area (Å²) < 4.78 is 5.28. The molecule has 2 aromatic carbocycles. The van der Waals surface area contributed by atoms with Gasteiger partial charge in [-0.25, -0.2) is 0 Å². The molecule has 0 aliphatic rings. The van der Waals surface area contributed by atoms with Crippen molar-refractivity contribution in [3.63, 3.8) is 0 Å². The standard InChI is InChI=1S/C15H10BNO3/c16-15(10-1-4-13(5-2-10)17(18)19)12-3-6-14-11(9-12)7-8-20-14/h1-9,15H. The quantitative estimate of drug-likeness (QED) is 0.412. The predicted octanol–water partition coefficient (Wildman–Crippen LogP) is 3.60. The van der Waals surface area contributed by atoms with Crippen molar-refractivity contribution in [1.82, 2.24) is 0 Å². The number of nitro benzene ring substituents is 1. The van der Waals surface area contributed by atoms with E-state index in [4.69, 9.17) is 12.3 Å². The van der Waals surface area contributed by atoms with E-state index in [1.54, 1.807) is 18.4 Å². The Balaban J connectivity index is 1.94. The second-order valence-electron chi connectivity index (χ2n) is 4.54. The average Bonchev–Trinajstić information content (AvgIpc) is 2.94. The van der Waals surface area contributed by atoms with Crippen molar-refractivity contribution < 1.29 is 9.34 Å². The van der Waals surface area contributed by atoms with Gasteiger partial charge in [0.25, 0.3) is 5.69 Å². The summed E-state index contributed by atoms with van der Waals surface area (Å²) in [6, 6.07) is 13.9. The van der Waals surface area contributed by atoms with Gasteiger partial charge in [-0.05, 0) is 35.1 Å². The smallest absolute Gasteiger partial charge is 0.269 e. The lowest BCUT2D eigenvalue weighted by atomic mass is 9.75. The summed E-state index contributed by atoms with van der Waals surface area (Å²) in [4.78, 5) is 10.2. The Morgan fingerprint density at radius 3 is 2.45 bits per heavy atom. The molecule has 3 aromatic rings. The molecular weight excluding hydrogens is 253 g/mol. The summed E-state index contributed by atoms with van der Waals surface area (Å²) in [7, 11) is 6.20. The van der Waals surface area contributed by atoms with Gasteiger partial charge in [-0.1, -0.05) is 18.2 Å². The topological polar surface area (TPSA) is 56.3 Å². The summed E-state index contributed by atoms with van der Waals surface area (Å²) in [6.07, 6.45) is 1.63. The zero-order valence-corrected chi connectivity index (χ0v) is 10.5. The maximum Gasteiger partial charge on any atom is 0.269 e. The first kappa shape index (κ1) is 12.5. The van der Waals surface area contributed by atoms with Gasteiger partial charge >= 0.3 is 0 Å². The highest BCUT2D eigenvalue weighted by Gasteiger charge is 2.11. The van der Waals surface area contributed by atoms with Crippen LogP contribution in [-0.4, -0.2) is 12.8 Å². The molecule has 3 rings (SSSR count). The molecule has 0 saturated heterocycles. The van der Waals surface area contributed by atoms with Gasteiger partial charge in [-0.3, -0.25) is 10.1 Å². The Morgan fingerprint density at radius 1 is 1.05 bits per heavy atom. The molecule has 0 fully saturated rings. The fourth-order valence-corrected chi connectivity index (χ4v) is 2.17. The largest absolute Gasteiger partial charge is 0.464 e. The molecule has 0 spiro atoms. The minimum absolute atomic E-state index is 0.0613. The first-order chi connectivity index (χ1) is 9.65. The summed E-state index contributed by atoms with van der Waals surface area (Å²) in [5, 5.41) is 11.6. The van der Waals surface area contributed by atoms with Gasteiger partial charge in [0.15, 0.2) is 0 Å². The number of rotatable bonds is 3. The van der Waals surface area contributed by atoms with Gasteiger partial charge in [-0.2, -0.15) is 0 Å². The van der Waals surface area contributed by atoms with Crippen LogP contribution in [0.1, 0.15) is 16.9 Å². The molecule has 4 nitrogen and oxygen atoms in total. The van der Waals surface area contributed by atoms with E-state index < -0.39 is 4.92 Å². The third-order valence-electron chi connectivity index (χ3n) is 3.30. The molecule has 0 aliphatic carbocycles. The number of nitro groups is 1. The molecule has 0 N–H and O–H groups in total. The molecule has 96 valence electrons. The van der Waals surface area contributed by atoms with Crippen molar-refractivity contribution in [2.75, 3.05) is 0 Å². The minimum atomic E-state index is -0.424. The van der Waals surface area contributed by atoms with Gasteiger partial charge in [0.2, 0.25) is 0 Å². The highest BCUT2D eigenvalue weighted by atomic mass is 16.6. The van der Waals surface area contributed by atoms with Crippen molar-refractivity contribution in [3.05, 3.63) is 76.0 Å². The van der Waals surface area contributed by atoms with Crippen molar-refractivity contribution in [2.45, 2.75) is 5.82 Å². The normalized spacial score (nSPS) is 12.4. The van der Waals surface area contributed by atoms with E-state index >= 15 is 0 Å². The van der Waals surface area contributed by atoms with E-state index in [1.165, 1.54) is 12.1 Å².